The largest absolute Gasteiger partial charge is 0.493 e. The van der Waals surface area contributed by atoms with Gasteiger partial charge in [0.25, 0.3) is 0 Å². The van der Waals surface area contributed by atoms with Gasteiger partial charge in [-0.1, -0.05) is 18.7 Å². The Hall–Kier alpha value is -1.82. The molecule has 0 fully saturated rings. The Labute approximate surface area is 122 Å². The molecular formula is C14H17N3O2S. The lowest BCUT2D eigenvalue weighted by Crippen LogP contribution is -2.02. The summed E-state index contributed by atoms with van der Waals surface area (Å²) in [7, 11) is 1.97. The summed E-state index contributed by atoms with van der Waals surface area (Å²) < 4.78 is 7.61. The van der Waals surface area contributed by atoms with Crippen molar-refractivity contribution in [3.63, 3.8) is 0 Å². The van der Waals surface area contributed by atoms with Gasteiger partial charge < -0.3 is 9.30 Å². The molecule has 0 saturated carbocycles. The van der Waals surface area contributed by atoms with E-state index >= 15 is 0 Å². The van der Waals surface area contributed by atoms with Crippen molar-refractivity contribution in [3.8, 4) is 5.75 Å². The highest BCUT2D eigenvalue weighted by molar-refractivity contribution is 7.99. The summed E-state index contributed by atoms with van der Waals surface area (Å²) in [4.78, 5) is 10.5. The third-order valence-corrected chi connectivity index (χ3v) is 3.83. The molecule has 0 radical (unpaired) electrons. The van der Waals surface area contributed by atoms with Gasteiger partial charge in [0.2, 0.25) is 0 Å². The van der Waals surface area contributed by atoms with Gasteiger partial charge in [-0.15, -0.1) is 10.2 Å². The van der Waals surface area contributed by atoms with Crippen LogP contribution in [-0.2, 0) is 13.5 Å². The number of ether oxygens (including phenoxy) is 1. The molecule has 0 amide bonds. The first kappa shape index (κ1) is 14.6. The summed E-state index contributed by atoms with van der Waals surface area (Å²) in [6.45, 7) is 2.64. The molecule has 0 saturated heterocycles. The Morgan fingerprint density at radius 3 is 2.65 bits per heavy atom. The average Bonchev–Trinajstić information content (AvgIpc) is 2.84. The molecule has 0 unspecified atom stereocenters. The van der Waals surface area contributed by atoms with E-state index in [9.17, 15) is 4.79 Å². The Morgan fingerprint density at radius 1 is 1.30 bits per heavy atom. The number of thioether (sulfide) groups is 1. The van der Waals surface area contributed by atoms with Crippen molar-refractivity contribution in [2.75, 3.05) is 12.4 Å². The van der Waals surface area contributed by atoms with Crippen LogP contribution in [0, 0.1) is 0 Å². The Bertz CT molecular complexity index is 566. The third-order valence-electron chi connectivity index (χ3n) is 2.84. The van der Waals surface area contributed by atoms with Gasteiger partial charge in [-0.3, -0.25) is 4.79 Å². The van der Waals surface area contributed by atoms with Crippen LogP contribution >= 0.6 is 11.8 Å². The van der Waals surface area contributed by atoms with Crippen LogP contribution in [0.1, 0.15) is 23.1 Å². The molecule has 1 heterocycles. The van der Waals surface area contributed by atoms with E-state index in [0.29, 0.717) is 12.2 Å². The number of carbonyl (C=O) groups is 1. The van der Waals surface area contributed by atoms with Gasteiger partial charge in [0.15, 0.2) is 5.16 Å². The minimum absolute atomic E-state index is 0.583. The van der Waals surface area contributed by atoms with Crippen LogP contribution in [0.3, 0.4) is 0 Å². The summed E-state index contributed by atoms with van der Waals surface area (Å²) in [5.41, 5.74) is 0.651. The first-order chi connectivity index (χ1) is 9.74. The lowest BCUT2D eigenvalue weighted by molar-refractivity contribution is 0.112. The van der Waals surface area contributed by atoms with Crippen molar-refractivity contribution in [1.29, 1.82) is 0 Å². The van der Waals surface area contributed by atoms with Crippen molar-refractivity contribution in [3.05, 3.63) is 35.7 Å². The van der Waals surface area contributed by atoms with Crippen molar-refractivity contribution in [2.45, 2.75) is 18.5 Å². The highest BCUT2D eigenvalue weighted by Crippen LogP contribution is 2.17. The molecule has 0 atom stereocenters. The maximum atomic E-state index is 10.5. The van der Waals surface area contributed by atoms with E-state index in [2.05, 4.69) is 17.1 Å². The fourth-order valence-electron chi connectivity index (χ4n) is 1.71. The molecule has 0 bridgehead atoms. The molecule has 0 aliphatic heterocycles. The minimum Gasteiger partial charge on any atom is -0.493 e. The number of rotatable bonds is 7. The quantitative estimate of drug-likeness (QED) is 0.445. The second kappa shape index (κ2) is 7.09. The number of carbonyl (C=O) groups excluding carboxylic acids is 1. The van der Waals surface area contributed by atoms with Crippen LogP contribution in [0.15, 0.2) is 29.4 Å². The Kier molecular flexibility index (Phi) is 5.17. The fourth-order valence-corrected chi connectivity index (χ4v) is 2.46. The molecule has 2 rings (SSSR count). The number of aldehydes is 1. The van der Waals surface area contributed by atoms with Crippen LogP contribution < -0.4 is 4.74 Å². The summed E-state index contributed by atoms with van der Waals surface area (Å²) in [5.74, 6) is 2.55. The number of aromatic nitrogens is 3. The van der Waals surface area contributed by atoms with E-state index in [-0.39, 0.29) is 0 Å². The van der Waals surface area contributed by atoms with E-state index in [1.165, 1.54) is 0 Å². The van der Waals surface area contributed by atoms with Crippen LogP contribution in [0.4, 0.5) is 0 Å². The molecule has 1 aromatic carbocycles. The van der Waals surface area contributed by atoms with Gasteiger partial charge in [0.1, 0.15) is 17.9 Å². The van der Waals surface area contributed by atoms with E-state index in [1.807, 2.05) is 11.6 Å². The molecule has 106 valence electrons. The van der Waals surface area contributed by atoms with E-state index in [4.69, 9.17) is 4.74 Å². The SMILES string of the molecule is CCc1nnc(SCCOc2ccc(C=O)cc2)n1C. The lowest BCUT2D eigenvalue weighted by Gasteiger charge is -2.06. The van der Waals surface area contributed by atoms with Gasteiger partial charge >= 0.3 is 0 Å². The van der Waals surface area contributed by atoms with Crippen LogP contribution in [0.5, 0.6) is 5.75 Å². The summed E-state index contributed by atoms with van der Waals surface area (Å²) in [5, 5.41) is 9.15. The number of nitrogens with zero attached hydrogens (tertiary/aromatic N) is 3. The van der Waals surface area contributed by atoms with Crippen molar-refractivity contribution >= 4 is 18.0 Å². The number of benzene rings is 1. The lowest BCUT2D eigenvalue weighted by atomic mass is 10.2. The summed E-state index contributed by atoms with van der Waals surface area (Å²) >= 11 is 1.62. The molecule has 6 heteroatoms. The summed E-state index contributed by atoms with van der Waals surface area (Å²) in [6, 6.07) is 7.08. The number of hydrogen-bond acceptors (Lipinski definition) is 5. The topological polar surface area (TPSA) is 57.0 Å². The Morgan fingerprint density at radius 2 is 2.05 bits per heavy atom. The zero-order valence-corrected chi connectivity index (χ0v) is 12.4. The first-order valence-electron chi connectivity index (χ1n) is 6.43. The maximum Gasteiger partial charge on any atom is 0.191 e. The molecule has 20 heavy (non-hydrogen) atoms. The average molecular weight is 291 g/mol. The van der Waals surface area contributed by atoms with Gasteiger partial charge in [-0.05, 0) is 24.3 Å². The second-order valence-electron chi connectivity index (χ2n) is 4.20. The second-order valence-corrected chi connectivity index (χ2v) is 5.26. The predicted molar refractivity (Wildman–Crippen MR) is 78.4 cm³/mol. The highest BCUT2D eigenvalue weighted by Gasteiger charge is 2.07. The van der Waals surface area contributed by atoms with E-state index < -0.39 is 0 Å². The number of aryl methyl sites for hydroxylation is 1. The molecule has 0 aliphatic carbocycles. The zero-order chi connectivity index (χ0) is 14.4. The molecule has 0 aliphatic rings. The first-order valence-corrected chi connectivity index (χ1v) is 7.42. The van der Waals surface area contributed by atoms with Crippen molar-refractivity contribution < 1.29 is 9.53 Å². The molecule has 5 nitrogen and oxygen atoms in total. The van der Waals surface area contributed by atoms with Gasteiger partial charge in [0.05, 0.1) is 6.61 Å². The van der Waals surface area contributed by atoms with Gasteiger partial charge in [-0.2, -0.15) is 0 Å². The van der Waals surface area contributed by atoms with Crippen LogP contribution in [0.25, 0.3) is 0 Å². The number of hydrogen-bond donors (Lipinski definition) is 0. The van der Waals surface area contributed by atoms with Crippen LogP contribution in [-0.4, -0.2) is 33.4 Å². The zero-order valence-electron chi connectivity index (χ0n) is 11.6. The maximum absolute atomic E-state index is 10.5. The molecular weight excluding hydrogens is 274 g/mol. The van der Waals surface area contributed by atoms with E-state index in [0.717, 1.165) is 35.2 Å². The summed E-state index contributed by atoms with van der Waals surface area (Å²) in [6.07, 6.45) is 1.70. The fraction of sp³-hybridized carbons (Fsp3) is 0.357. The van der Waals surface area contributed by atoms with E-state index in [1.54, 1.807) is 36.0 Å². The van der Waals surface area contributed by atoms with Gasteiger partial charge in [-0.25, -0.2) is 0 Å². The minimum atomic E-state index is 0.583. The Balaban J connectivity index is 1.78. The van der Waals surface area contributed by atoms with Crippen LogP contribution in [0.2, 0.25) is 0 Å². The third kappa shape index (κ3) is 3.60. The molecule has 2 aromatic rings. The standard InChI is InChI=1S/C14H17N3O2S/c1-3-13-15-16-14(17(13)2)20-9-8-19-12-6-4-11(10-18)5-7-12/h4-7,10H,3,8-9H2,1-2H3. The van der Waals surface area contributed by atoms with Crippen molar-refractivity contribution in [1.82, 2.24) is 14.8 Å². The molecule has 0 spiro atoms. The normalized spacial score (nSPS) is 10.5. The van der Waals surface area contributed by atoms with Crippen molar-refractivity contribution in [2.24, 2.45) is 7.05 Å². The van der Waals surface area contributed by atoms with Gasteiger partial charge in [0, 0.05) is 24.8 Å². The highest BCUT2D eigenvalue weighted by atomic mass is 32.2. The monoisotopic (exact) mass is 291 g/mol. The molecule has 0 N–H and O–H groups in total. The smallest absolute Gasteiger partial charge is 0.191 e. The predicted octanol–water partition coefficient (Wildman–Crippen LogP) is 2.36. The molecule has 1 aromatic heterocycles.